The average molecular weight is 434 g/mol. The summed E-state index contributed by atoms with van der Waals surface area (Å²) in [6.07, 6.45) is 1.46. The number of aryl methyl sites for hydroxylation is 1. The topological polar surface area (TPSA) is 77.8 Å². The summed E-state index contributed by atoms with van der Waals surface area (Å²) in [4.78, 5) is 24.7. The molecule has 0 aliphatic rings. The van der Waals surface area contributed by atoms with Gasteiger partial charge in [-0.1, -0.05) is 34.6 Å². The Morgan fingerprint density at radius 1 is 1.23 bits per heavy atom. The first-order valence-electron chi connectivity index (χ1n) is 10.3. The highest BCUT2D eigenvalue weighted by molar-refractivity contribution is 6.74. The van der Waals surface area contributed by atoms with E-state index in [-0.39, 0.29) is 22.6 Å². The fourth-order valence-corrected chi connectivity index (χ4v) is 4.26. The van der Waals surface area contributed by atoms with Gasteiger partial charge in [0.2, 0.25) is 5.43 Å². The van der Waals surface area contributed by atoms with Crippen LogP contribution in [0.2, 0.25) is 18.1 Å². The predicted octanol–water partition coefficient (Wildman–Crippen LogP) is 5.24. The first-order chi connectivity index (χ1) is 13.7. The van der Waals surface area contributed by atoms with Crippen LogP contribution >= 0.6 is 0 Å². The van der Waals surface area contributed by atoms with Gasteiger partial charge >= 0.3 is 5.97 Å². The van der Waals surface area contributed by atoms with Crippen molar-refractivity contribution in [3.63, 3.8) is 0 Å². The van der Waals surface area contributed by atoms with Crippen molar-refractivity contribution in [2.24, 2.45) is 5.92 Å². The van der Waals surface area contributed by atoms with Crippen molar-refractivity contribution in [1.29, 1.82) is 0 Å². The maximum atomic E-state index is 12.9. The number of methoxy groups -OCH3 is 1. The summed E-state index contributed by atoms with van der Waals surface area (Å²) in [6.45, 7) is 17.4. The smallest absolute Gasteiger partial charge is 0.341 e. The van der Waals surface area contributed by atoms with Gasteiger partial charge in [0.05, 0.1) is 25.3 Å². The lowest BCUT2D eigenvalue weighted by atomic mass is 10.0. The van der Waals surface area contributed by atoms with Crippen LogP contribution in [-0.2, 0) is 4.43 Å². The molecule has 1 heterocycles. The van der Waals surface area contributed by atoms with Gasteiger partial charge in [-0.15, -0.1) is 0 Å². The number of nitrogens with zero attached hydrogens (tertiary/aromatic N) is 1. The van der Waals surface area contributed by atoms with Crippen LogP contribution in [0.15, 0.2) is 23.1 Å². The number of hydrogen-bond acceptors (Lipinski definition) is 4. The number of aromatic carboxylic acids is 1. The van der Waals surface area contributed by atoms with E-state index in [0.717, 1.165) is 5.56 Å². The lowest BCUT2D eigenvalue weighted by molar-refractivity contribution is 0.0694. The van der Waals surface area contributed by atoms with E-state index >= 15 is 0 Å². The monoisotopic (exact) mass is 433 g/mol. The van der Waals surface area contributed by atoms with Crippen molar-refractivity contribution in [3.05, 3.63) is 39.7 Å². The van der Waals surface area contributed by atoms with E-state index in [1.165, 1.54) is 6.20 Å². The fourth-order valence-electron chi connectivity index (χ4n) is 3.24. The van der Waals surface area contributed by atoms with Crippen molar-refractivity contribution in [3.8, 4) is 5.75 Å². The first kappa shape index (κ1) is 24.1. The third kappa shape index (κ3) is 4.62. The van der Waals surface area contributed by atoms with Gasteiger partial charge in [-0.05, 0) is 42.6 Å². The highest BCUT2D eigenvalue weighted by Crippen LogP contribution is 2.38. The highest BCUT2D eigenvalue weighted by Gasteiger charge is 2.38. The summed E-state index contributed by atoms with van der Waals surface area (Å²) in [5, 5.41) is 10.1. The predicted molar refractivity (Wildman–Crippen MR) is 123 cm³/mol. The Kier molecular flexibility index (Phi) is 6.88. The van der Waals surface area contributed by atoms with Crippen molar-refractivity contribution >= 4 is 25.2 Å². The molecule has 1 N–H and O–H groups in total. The van der Waals surface area contributed by atoms with Crippen LogP contribution < -0.4 is 10.2 Å². The number of hydrogen-bond donors (Lipinski definition) is 1. The van der Waals surface area contributed by atoms with Crippen molar-refractivity contribution in [2.45, 2.75) is 65.7 Å². The molecule has 0 saturated carbocycles. The van der Waals surface area contributed by atoms with Gasteiger partial charge < -0.3 is 18.8 Å². The van der Waals surface area contributed by atoms with E-state index < -0.39 is 19.7 Å². The first-order valence-corrected chi connectivity index (χ1v) is 13.2. The fraction of sp³-hybridized carbons (Fsp3) is 0.565. The molecule has 6 nitrogen and oxygen atoms in total. The number of carboxylic acids is 1. The van der Waals surface area contributed by atoms with Crippen molar-refractivity contribution in [1.82, 2.24) is 4.57 Å². The summed E-state index contributed by atoms with van der Waals surface area (Å²) in [7, 11) is -0.417. The maximum absolute atomic E-state index is 12.9. The summed E-state index contributed by atoms with van der Waals surface area (Å²) in [6, 6.07) is 3.40. The van der Waals surface area contributed by atoms with E-state index in [4.69, 9.17) is 9.16 Å². The number of fused-ring (bicyclic) bond motifs is 1. The molecule has 2 aromatic rings. The van der Waals surface area contributed by atoms with Crippen molar-refractivity contribution in [2.75, 3.05) is 13.7 Å². The summed E-state index contributed by atoms with van der Waals surface area (Å²) in [5.74, 6) is -0.405. The van der Waals surface area contributed by atoms with Gasteiger partial charge in [0.15, 0.2) is 8.32 Å². The Hall–Kier alpha value is -2.12. The standard InChI is InChI=1S/C23H35NO5Si/c1-14(2)19(13-29-30(8,9)23(4,5)6)24-12-17(22(26)27)21(25)16-10-15(3)20(28-7)11-18(16)24/h10-12,14,19H,13H2,1-9H3,(H,26,27). The number of rotatable bonds is 7. The zero-order valence-corrected chi connectivity index (χ0v) is 20.6. The van der Waals surface area contributed by atoms with E-state index in [9.17, 15) is 14.7 Å². The van der Waals surface area contributed by atoms with Crippen LogP contribution in [0.25, 0.3) is 10.9 Å². The molecule has 1 atom stereocenters. The molecule has 0 saturated heterocycles. The lowest BCUT2D eigenvalue weighted by Gasteiger charge is -2.38. The highest BCUT2D eigenvalue weighted by atomic mass is 28.4. The minimum atomic E-state index is -2.00. The van der Waals surface area contributed by atoms with Crippen LogP contribution in [-0.4, -0.2) is 37.7 Å². The van der Waals surface area contributed by atoms with Crippen molar-refractivity contribution < 1.29 is 19.1 Å². The Morgan fingerprint density at radius 2 is 1.83 bits per heavy atom. The molecule has 0 aliphatic carbocycles. The Labute approximate surface area is 180 Å². The SMILES string of the molecule is COc1cc2c(cc1C)c(=O)c(C(=O)O)cn2C(CO[Si](C)(C)C(C)(C)C)C(C)C. The molecule has 1 aromatic carbocycles. The molecule has 166 valence electrons. The molecule has 0 radical (unpaired) electrons. The summed E-state index contributed by atoms with van der Waals surface area (Å²) in [5.41, 5.74) is 0.733. The van der Waals surface area contributed by atoms with Gasteiger partial charge in [0.25, 0.3) is 0 Å². The number of carboxylic acid groups (broad SMARTS) is 1. The average Bonchev–Trinajstić information content (AvgIpc) is 2.61. The Bertz CT molecular complexity index is 1000. The minimum absolute atomic E-state index is 0.0622. The van der Waals surface area contributed by atoms with E-state index in [1.807, 2.05) is 17.6 Å². The van der Waals surface area contributed by atoms with Crippen LogP contribution in [0.4, 0.5) is 0 Å². The maximum Gasteiger partial charge on any atom is 0.341 e. The second kappa shape index (κ2) is 8.55. The molecule has 30 heavy (non-hydrogen) atoms. The largest absolute Gasteiger partial charge is 0.496 e. The Balaban J connectivity index is 2.72. The Morgan fingerprint density at radius 3 is 2.30 bits per heavy atom. The van der Waals surface area contributed by atoms with E-state index in [1.54, 1.807) is 13.2 Å². The number of benzene rings is 1. The van der Waals surface area contributed by atoms with Crippen LogP contribution in [0.1, 0.15) is 56.6 Å². The third-order valence-corrected chi connectivity index (χ3v) is 10.8. The van der Waals surface area contributed by atoms with E-state index in [0.29, 0.717) is 23.3 Å². The van der Waals surface area contributed by atoms with Gasteiger partial charge in [0, 0.05) is 17.6 Å². The molecule has 1 aromatic heterocycles. The molecule has 0 bridgehead atoms. The second-order valence-corrected chi connectivity index (χ2v) is 14.6. The normalized spacial score (nSPS) is 13.7. The molecular weight excluding hydrogens is 398 g/mol. The lowest BCUT2D eigenvalue weighted by Crippen LogP contribution is -2.42. The molecule has 0 aliphatic heterocycles. The molecule has 7 heteroatoms. The van der Waals surface area contributed by atoms with Gasteiger partial charge in [-0.3, -0.25) is 4.79 Å². The molecule has 0 fully saturated rings. The van der Waals surface area contributed by atoms with Crippen LogP contribution in [0, 0.1) is 12.8 Å². The zero-order valence-electron chi connectivity index (χ0n) is 19.6. The molecule has 0 amide bonds. The number of carbonyl (C=O) groups is 1. The molecule has 1 unspecified atom stereocenters. The van der Waals surface area contributed by atoms with E-state index in [2.05, 4.69) is 47.7 Å². The summed E-state index contributed by atoms with van der Waals surface area (Å²) < 4.78 is 13.9. The van der Waals surface area contributed by atoms with Gasteiger partial charge in [-0.2, -0.15) is 0 Å². The number of pyridine rings is 1. The minimum Gasteiger partial charge on any atom is -0.496 e. The molecule has 0 spiro atoms. The number of ether oxygens (including phenoxy) is 1. The zero-order chi connectivity index (χ0) is 23.0. The van der Waals surface area contributed by atoms with Crippen LogP contribution in [0.5, 0.6) is 5.75 Å². The molecular formula is C23H35NO5Si. The van der Waals surface area contributed by atoms with Gasteiger partial charge in [-0.25, -0.2) is 4.79 Å². The van der Waals surface area contributed by atoms with Gasteiger partial charge in [0.1, 0.15) is 11.3 Å². The quantitative estimate of drug-likeness (QED) is 0.605. The summed E-state index contributed by atoms with van der Waals surface area (Å²) >= 11 is 0. The number of aromatic nitrogens is 1. The molecule has 2 rings (SSSR count). The second-order valence-electron chi connectivity index (χ2n) is 9.81. The van der Waals surface area contributed by atoms with Crippen LogP contribution in [0.3, 0.4) is 0 Å². The third-order valence-electron chi connectivity index (χ3n) is 6.33.